The molecule has 2 heterocycles. The van der Waals surface area contributed by atoms with Gasteiger partial charge in [-0.05, 0) is 48.7 Å². The topological polar surface area (TPSA) is 96.7 Å². The highest BCUT2D eigenvalue weighted by Gasteiger charge is 2.45. The van der Waals surface area contributed by atoms with Gasteiger partial charge in [-0.2, -0.15) is 10.6 Å². The van der Waals surface area contributed by atoms with E-state index in [0.717, 1.165) is 18.4 Å². The lowest BCUT2D eigenvalue weighted by molar-refractivity contribution is 0.307. The molecule has 1 atom stereocenters. The predicted molar refractivity (Wildman–Crippen MR) is 117 cm³/mol. The fourth-order valence-electron chi connectivity index (χ4n) is 3.66. The van der Waals surface area contributed by atoms with E-state index in [4.69, 9.17) is 4.74 Å². The standard InChI is InChI=1S/C22H23NO5S2/c24-29(25)16-21(30(26,27)18-9-2-1-3-10-18)22-19(11-4-12-20(22)29)28-14-6-8-17-7-5-13-23-15-17/h1-5,7,9-13,15,21,24-25H,6,8,14,16H2. The third kappa shape index (κ3) is 4.09. The zero-order valence-electron chi connectivity index (χ0n) is 16.2. The molecule has 4 rings (SSSR count). The summed E-state index contributed by atoms with van der Waals surface area (Å²) in [5.74, 6) is 0.135. The SMILES string of the molecule is O=S(=O)(c1ccccc1)C1CS(O)(O)c2cccc(OCCCc3cccnc3)c21. The van der Waals surface area contributed by atoms with Gasteiger partial charge in [-0.3, -0.25) is 14.1 Å². The molecule has 1 aliphatic rings. The minimum absolute atomic E-state index is 0.157. The van der Waals surface area contributed by atoms with E-state index in [9.17, 15) is 17.5 Å². The number of hydrogen-bond donors (Lipinski definition) is 2. The summed E-state index contributed by atoms with van der Waals surface area (Å²) >= 11 is 0. The lowest BCUT2D eigenvalue weighted by atomic mass is 10.1. The van der Waals surface area contributed by atoms with Gasteiger partial charge in [0.15, 0.2) is 9.84 Å². The van der Waals surface area contributed by atoms with Gasteiger partial charge in [0, 0.05) is 18.0 Å². The monoisotopic (exact) mass is 445 g/mol. The summed E-state index contributed by atoms with van der Waals surface area (Å²) in [4.78, 5) is 4.51. The Balaban J connectivity index is 1.60. The molecule has 0 saturated carbocycles. The van der Waals surface area contributed by atoms with Crippen LogP contribution in [0.5, 0.6) is 5.75 Å². The molecule has 0 radical (unpaired) electrons. The van der Waals surface area contributed by atoms with Crippen LogP contribution in [0.3, 0.4) is 0 Å². The van der Waals surface area contributed by atoms with Crippen LogP contribution in [0.4, 0.5) is 0 Å². The van der Waals surface area contributed by atoms with Crippen LogP contribution in [-0.2, 0) is 16.3 Å². The van der Waals surface area contributed by atoms with Crippen molar-refractivity contribution in [3.05, 3.63) is 84.2 Å². The Morgan fingerprint density at radius 3 is 2.57 bits per heavy atom. The quantitative estimate of drug-likeness (QED) is 0.510. The second kappa shape index (κ2) is 8.39. The van der Waals surface area contributed by atoms with Crippen LogP contribution < -0.4 is 4.74 Å². The van der Waals surface area contributed by atoms with Crippen molar-refractivity contribution in [3.8, 4) is 5.75 Å². The second-order valence-corrected chi connectivity index (χ2v) is 11.4. The molecule has 2 N–H and O–H groups in total. The maximum absolute atomic E-state index is 13.3. The fraction of sp³-hybridized carbons (Fsp3) is 0.227. The number of ether oxygens (including phenoxy) is 1. The first-order valence-corrected chi connectivity index (χ1v) is 12.9. The van der Waals surface area contributed by atoms with E-state index in [1.807, 2.05) is 12.1 Å². The number of sulfone groups is 1. The number of pyridine rings is 1. The first kappa shape index (κ1) is 20.9. The van der Waals surface area contributed by atoms with Crippen LogP contribution in [0.15, 0.2) is 82.8 Å². The highest BCUT2D eigenvalue weighted by Crippen LogP contribution is 2.63. The lowest BCUT2D eigenvalue weighted by Gasteiger charge is -2.27. The Labute approximate surface area is 177 Å². The van der Waals surface area contributed by atoms with Crippen LogP contribution in [0, 0.1) is 0 Å². The predicted octanol–water partition coefficient (Wildman–Crippen LogP) is 4.73. The number of rotatable bonds is 7. The summed E-state index contributed by atoms with van der Waals surface area (Å²) in [6.45, 7) is 0.378. The summed E-state index contributed by atoms with van der Waals surface area (Å²) in [5, 5.41) is -1.06. The van der Waals surface area contributed by atoms with Crippen LogP contribution in [0.2, 0.25) is 0 Å². The molecule has 2 aromatic carbocycles. The summed E-state index contributed by atoms with van der Waals surface area (Å²) in [6, 6.07) is 16.9. The van der Waals surface area contributed by atoms with Crippen molar-refractivity contribution in [1.29, 1.82) is 0 Å². The number of aromatic nitrogens is 1. The molecular weight excluding hydrogens is 422 g/mol. The first-order chi connectivity index (χ1) is 14.4. The molecule has 0 bridgehead atoms. The third-order valence-electron chi connectivity index (χ3n) is 5.12. The maximum atomic E-state index is 13.3. The Morgan fingerprint density at radius 1 is 1.03 bits per heavy atom. The Bertz CT molecular complexity index is 1120. The largest absolute Gasteiger partial charge is 0.493 e. The van der Waals surface area contributed by atoms with Crippen LogP contribution >= 0.6 is 10.6 Å². The fourth-order valence-corrected chi connectivity index (χ4v) is 8.10. The summed E-state index contributed by atoms with van der Waals surface area (Å²) < 4.78 is 53.7. The number of fused-ring (bicyclic) bond motifs is 1. The van der Waals surface area contributed by atoms with E-state index in [1.165, 1.54) is 12.1 Å². The van der Waals surface area contributed by atoms with E-state index in [-0.39, 0.29) is 15.5 Å². The lowest BCUT2D eigenvalue weighted by Crippen LogP contribution is -2.16. The molecule has 0 amide bonds. The zero-order chi connectivity index (χ0) is 21.2. The van der Waals surface area contributed by atoms with Crippen molar-refractivity contribution in [2.45, 2.75) is 27.9 Å². The van der Waals surface area contributed by atoms with Gasteiger partial charge in [0.2, 0.25) is 0 Å². The van der Waals surface area contributed by atoms with Gasteiger partial charge in [0.05, 0.1) is 22.2 Å². The molecule has 0 aliphatic carbocycles. The minimum atomic E-state index is -3.81. The molecule has 1 aliphatic heterocycles. The molecule has 8 heteroatoms. The number of benzene rings is 2. The van der Waals surface area contributed by atoms with Crippen LogP contribution in [0.1, 0.15) is 22.8 Å². The van der Waals surface area contributed by atoms with Gasteiger partial charge < -0.3 is 4.74 Å². The molecule has 0 spiro atoms. The van der Waals surface area contributed by atoms with Gasteiger partial charge in [0.1, 0.15) is 11.0 Å². The zero-order valence-corrected chi connectivity index (χ0v) is 17.8. The molecule has 1 aromatic heterocycles. The molecule has 0 saturated heterocycles. The normalized spacial score (nSPS) is 18.5. The van der Waals surface area contributed by atoms with E-state index >= 15 is 0 Å². The number of hydrogen-bond acceptors (Lipinski definition) is 6. The Hall–Kier alpha value is -2.39. The van der Waals surface area contributed by atoms with Gasteiger partial charge in [-0.15, -0.1) is 0 Å². The van der Waals surface area contributed by atoms with Crippen molar-refractivity contribution in [1.82, 2.24) is 4.98 Å². The highest BCUT2D eigenvalue weighted by molar-refractivity contribution is 8.25. The molecular formula is C22H23NO5S2. The summed E-state index contributed by atoms with van der Waals surface area (Å²) in [6.07, 6.45) is 5.03. The number of aryl methyl sites for hydroxylation is 1. The van der Waals surface area contributed by atoms with E-state index < -0.39 is 25.7 Å². The van der Waals surface area contributed by atoms with Crippen LogP contribution in [-0.4, -0.2) is 34.9 Å². The second-order valence-electron chi connectivity index (χ2n) is 7.16. The molecule has 1 unspecified atom stereocenters. The van der Waals surface area contributed by atoms with Gasteiger partial charge in [-0.25, -0.2) is 8.42 Å². The van der Waals surface area contributed by atoms with E-state index in [1.54, 1.807) is 48.8 Å². The average molecular weight is 446 g/mol. The molecule has 30 heavy (non-hydrogen) atoms. The van der Waals surface area contributed by atoms with Crippen LogP contribution in [0.25, 0.3) is 0 Å². The molecule has 158 valence electrons. The Morgan fingerprint density at radius 2 is 1.83 bits per heavy atom. The minimum Gasteiger partial charge on any atom is -0.493 e. The molecule has 0 fully saturated rings. The smallest absolute Gasteiger partial charge is 0.187 e. The van der Waals surface area contributed by atoms with Crippen molar-refractivity contribution >= 4 is 20.4 Å². The first-order valence-electron chi connectivity index (χ1n) is 9.59. The van der Waals surface area contributed by atoms with E-state index in [0.29, 0.717) is 17.9 Å². The van der Waals surface area contributed by atoms with Gasteiger partial charge in [-0.1, -0.05) is 30.3 Å². The van der Waals surface area contributed by atoms with E-state index in [2.05, 4.69) is 4.98 Å². The molecule has 6 nitrogen and oxygen atoms in total. The average Bonchev–Trinajstić information content (AvgIpc) is 3.05. The summed E-state index contributed by atoms with van der Waals surface area (Å²) in [5.41, 5.74) is 1.46. The molecule has 3 aromatic rings. The Kier molecular flexibility index (Phi) is 5.84. The third-order valence-corrected chi connectivity index (χ3v) is 9.27. The van der Waals surface area contributed by atoms with Gasteiger partial charge in [0.25, 0.3) is 0 Å². The van der Waals surface area contributed by atoms with Crippen molar-refractivity contribution in [2.24, 2.45) is 0 Å². The van der Waals surface area contributed by atoms with Gasteiger partial charge >= 0.3 is 0 Å². The van der Waals surface area contributed by atoms with Crippen molar-refractivity contribution in [2.75, 3.05) is 12.4 Å². The summed E-state index contributed by atoms with van der Waals surface area (Å²) in [7, 11) is -7.02. The highest BCUT2D eigenvalue weighted by atomic mass is 32.3. The maximum Gasteiger partial charge on any atom is 0.187 e. The van der Waals surface area contributed by atoms with Crippen molar-refractivity contribution in [3.63, 3.8) is 0 Å². The number of nitrogens with zero attached hydrogens (tertiary/aromatic N) is 1. The van der Waals surface area contributed by atoms with Crippen molar-refractivity contribution < 1.29 is 22.3 Å².